The maximum atomic E-state index is 12.6. The van der Waals surface area contributed by atoms with Gasteiger partial charge in [-0.3, -0.25) is 4.79 Å². The number of ether oxygens (including phenoxy) is 1. The van der Waals surface area contributed by atoms with E-state index in [1.54, 1.807) is 4.90 Å². The topological polar surface area (TPSA) is 65.9 Å². The van der Waals surface area contributed by atoms with Crippen LogP contribution in [0.25, 0.3) is 10.9 Å². The fourth-order valence-corrected chi connectivity index (χ4v) is 4.27. The lowest BCUT2D eigenvalue weighted by atomic mass is 10.1. The Morgan fingerprint density at radius 2 is 1.86 bits per heavy atom. The van der Waals surface area contributed by atoms with Gasteiger partial charge in [0.2, 0.25) is 0 Å². The summed E-state index contributed by atoms with van der Waals surface area (Å²) in [7, 11) is 0. The van der Waals surface area contributed by atoms with E-state index in [0.717, 1.165) is 51.5 Å². The van der Waals surface area contributed by atoms with Gasteiger partial charge < -0.3 is 14.5 Å². The highest BCUT2D eigenvalue weighted by atomic mass is 16.5. The largest absolute Gasteiger partial charge is 0.493 e. The predicted molar refractivity (Wildman–Crippen MR) is 105 cm³/mol. The Kier molecular flexibility index (Phi) is 4.54. The number of rotatable bonds is 4. The molecule has 2 aliphatic rings. The van der Waals surface area contributed by atoms with Crippen LogP contribution in [0.3, 0.4) is 0 Å². The summed E-state index contributed by atoms with van der Waals surface area (Å²) in [5, 5.41) is 8.97. The van der Waals surface area contributed by atoms with Crippen LogP contribution >= 0.6 is 0 Å². The van der Waals surface area contributed by atoms with E-state index >= 15 is 0 Å². The minimum atomic E-state index is -0.0479. The molecule has 0 spiro atoms. The molecule has 0 radical (unpaired) electrons. The first kappa shape index (κ1) is 17.3. The van der Waals surface area contributed by atoms with E-state index in [1.807, 2.05) is 24.3 Å². The molecule has 3 aromatic rings. The van der Waals surface area contributed by atoms with Crippen LogP contribution in [0, 0.1) is 0 Å². The zero-order valence-electron chi connectivity index (χ0n) is 15.9. The van der Waals surface area contributed by atoms with Crippen molar-refractivity contribution in [3.8, 4) is 5.75 Å². The minimum Gasteiger partial charge on any atom is -0.493 e. The predicted octanol–water partition coefficient (Wildman–Crippen LogP) is -1.33. The van der Waals surface area contributed by atoms with Crippen molar-refractivity contribution in [2.75, 3.05) is 32.8 Å². The van der Waals surface area contributed by atoms with Gasteiger partial charge in [0.05, 0.1) is 12.0 Å². The zero-order valence-corrected chi connectivity index (χ0v) is 15.9. The molecule has 2 aromatic carbocycles. The Hall–Kier alpha value is -2.77. The van der Waals surface area contributed by atoms with Crippen molar-refractivity contribution in [1.29, 1.82) is 0 Å². The fourth-order valence-electron chi connectivity index (χ4n) is 4.27. The van der Waals surface area contributed by atoms with Gasteiger partial charge >= 0.3 is 0 Å². The van der Waals surface area contributed by atoms with Crippen LogP contribution in [-0.2, 0) is 19.6 Å². The third kappa shape index (κ3) is 3.39. The molecule has 3 heterocycles. The number of nitrogens with one attached hydrogen (secondary N) is 2. The minimum absolute atomic E-state index is 0.0479. The molecule has 5 rings (SSSR count). The SMILES string of the molecule is O=c1c2ccccc2nnn1C[NH+]1CC[NH+](Cc2ccc3c(c2)CCO3)CC1. The van der Waals surface area contributed by atoms with Crippen LogP contribution in [-0.4, -0.2) is 47.8 Å². The Morgan fingerprint density at radius 1 is 1.04 bits per heavy atom. The summed E-state index contributed by atoms with van der Waals surface area (Å²) in [6.45, 7) is 6.70. The highest BCUT2D eigenvalue weighted by Gasteiger charge is 2.24. The normalized spacial score (nSPS) is 21.4. The van der Waals surface area contributed by atoms with Gasteiger partial charge in [-0.25, -0.2) is 0 Å². The molecule has 2 aliphatic heterocycles. The second-order valence-corrected chi connectivity index (χ2v) is 7.79. The number of fused-ring (bicyclic) bond motifs is 2. The van der Waals surface area contributed by atoms with Crippen LogP contribution in [0.5, 0.6) is 5.75 Å². The van der Waals surface area contributed by atoms with E-state index in [-0.39, 0.29) is 5.56 Å². The molecule has 0 unspecified atom stereocenters. The molecule has 1 saturated heterocycles. The molecule has 7 heteroatoms. The summed E-state index contributed by atoms with van der Waals surface area (Å²) in [6.07, 6.45) is 1.03. The smallest absolute Gasteiger partial charge is 0.282 e. The Labute approximate surface area is 163 Å². The van der Waals surface area contributed by atoms with Crippen molar-refractivity contribution in [3.63, 3.8) is 0 Å². The summed E-state index contributed by atoms with van der Waals surface area (Å²) < 4.78 is 7.12. The van der Waals surface area contributed by atoms with E-state index in [1.165, 1.54) is 20.7 Å². The maximum absolute atomic E-state index is 12.6. The summed E-state index contributed by atoms with van der Waals surface area (Å²) in [6, 6.07) is 14.0. The van der Waals surface area contributed by atoms with Gasteiger partial charge in [0.25, 0.3) is 5.56 Å². The van der Waals surface area contributed by atoms with Crippen molar-refractivity contribution in [3.05, 3.63) is 63.9 Å². The van der Waals surface area contributed by atoms with Crippen LogP contribution < -0.4 is 20.1 Å². The first-order valence-electron chi connectivity index (χ1n) is 10.0. The monoisotopic (exact) mass is 379 g/mol. The highest BCUT2D eigenvalue weighted by molar-refractivity contribution is 5.76. The lowest BCUT2D eigenvalue weighted by Gasteiger charge is -2.29. The van der Waals surface area contributed by atoms with E-state index in [4.69, 9.17) is 4.74 Å². The van der Waals surface area contributed by atoms with Gasteiger partial charge in [0.1, 0.15) is 44.0 Å². The van der Waals surface area contributed by atoms with Crippen LogP contribution in [0.15, 0.2) is 47.3 Å². The van der Waals surface area contributed by atoms with Crippen molar-refractivity contribution in [2.45, 2.75) is 19.6 Å². The number of hydrogen-bond donors (Lipinski definition) is 2. The fraction of sp³-hybridized carbons (Fsp3) is 0.381. The third-order valence-electron chi connectivity index (χ3n) is 5.87. The molecule has 0 atom stereocenters. The van der Waals surface area contributed by atoms with Crippen molar-refractivity contribution in [2.24, 2.45) is 0 Å². The molecule has 144 valence electrons. The number of quaternary nitrogens is 2. The quantitative estimate of drug-likeness (QED) is 0.590. The van der Waals surface area contributed by atoms with Crippen LogP contribution in [0.2, 0.25) is 0 Å². The second-order valence-electron chi connectivity index (χ2n) is 7.79. The molecular formula is C21H25N5O2+2. The molecule has 7 nitrogen and oxygen atoms in total. The van der Waals surface area contributed by atoms with Crippen molar-refractivity contribution in [1.82, 2.24) is 15.0 Å². The average molecular weight is 379 g/mol. The van der Waals surface area contributed by atoms with Gasteiger partial charge in [-0.15, -0.1) is 5.10 Å². The lowest BCUT2D eigenvalue weighted by Crippen LogP contribution is -3.27. The van der Waals surface area contributed by atoms with E-state index in [0.29, 0.717) is 17.6 Å². The molecule has 1 fully saturated rings. The van der Waals surface area contributed by atoms with E-state index in [2.05, 4.69) is 28.5 Å². The summed E-state index contributed by atoms with van der Waals surface area (Å²) in [4.78, 5) is 15.6. The standard InChI is InChI=1S/C21H23N5O2/c27-21-18-3-1-2-4-19(18)22-23-26(21)15-25-10-8-24(9-11-25)14-16-5-6-20-17(13-16)7-12-28-20/h1-6,13H,7-12,14-15H2/p+2. The average Bonchev–Trinajstić information content (AvgIpc) is 3.20. The Morgan fingerprint density at radius 3 is 2.75 bits per heavy atom. The molecule has 1 aromatic heterocycles. The molecule has 0 saturated carbocycles. The Bertz CT molecular complexity index is 1060. The molecule has 28 heavy (non-hydrogen) atoms. The zero-order chi connectivity index (χ0) is 18.9. The number of hydrogen-bond acceptors (Lipinski definition) is 4. The summed E-state index contributed by atoms with van der Waals surface area (Å²) in [5.41, 5.74) is 3.34. The summed E-state index contributed by atoms with van der Waals surface area (Å²) in [5.74, 6) is 1.05. The van der Waals surface area contributed by atoms with E-state index < -0.39 is 0 Å². The van der Waals surface area contributed by atoms with Crippen LogP contribution in [0.1, 0.15) is 11.1 Å². The first-order chi connectivity index (χ1) is 13.8. The lowest BCUT2D eigenvalue weighted by molar-refractivity contribution is -1.03. The third-order valence-corrected chi connectivity index (χ3v) is 5.87. The number of nitrogens with zero attached hydrogens (tertiary/aromatic N) is 3. The molecular weight excluding hydrogens is 354 g/mol. The highest BCUT2D eigenvalue weighted by Crippen LogP contribution is 2.25. The van der Waals surface area contributed by atoms with Gasteiger partial charge in [-0.1, -0.05) is 17.3 Å². The van der Waals surface area contributed by atoms with Gasteiger partial charge in [0.15, 0.2) is 6.67 Å². The van der Waals surface area contributed by atoms with Gasteiger partial charge in [-0.2, -0.15) is 4.68 Å². The molecule has 0 amide bonds. The van der Waals surface area contributed by atoms with Crippen LogP contribution in [0.4, 0.5) is 0 Å². The number of aromatic nitrogens is 3. The Balaban J connectivity index is 1.21. The first-order valence-corrected chi connectivity index (χ1v) is 10.0. The second kappa shape index (κ2) is 7.33. The molecule has 2 N–H and O–H groups in total. The summed E-state index contributed by atoms with van der Waals surface area (Å²) >= 11 is 0. The van der Waals surface area contributed by atoms with Gasteiger partial charge in [-0.05, 0) is 35.9 Å². The van der Waals surface area contributed by atoms with Crippen molar-refractivity contribution < 1.29 is 14.5 Å². The van der Waals surface area contributed by atoms with Crippen molar-refractivity contribution >= 4 is 10.9 Å². The number of piperazine rings is 1. The molecule has 0 bridgehead atoms. The number of benzene rings is 2. The maximum Gasteiger partial charge on any atom is 0.282 e. The van der Waals surface area contributed by atoms with Gasteiger partial charge in [0, 0.05) is 12.0 Å². The molecule has 0 aliphatic carbocycles. The van der Waals surface area contributed by atoms with E-state index in [9.17, 15) is 4.79 Å².